The summed E-state index contributed by atoms with van der Waals surface area (Å²) in [5, 5.41) is 0.914. The van der Waals surface area contributed by atoms with E-state index in [1.54, 1.807) is 0 Å². The molecule has 1 aliphatic carbocycles. The third-order valence-electron chi connectivity index (χ3n) is 7.64. The minimum absolute atomic E-state index is 0.0193. The molecule has 3 aromatic carbocycles. The first-order valence-corrected chi connectivity index (χ1v) is 14.7. The van der Waals surface area contributed by atoms with Crippen molar-refractivity contribution >= 4 is 22.7 Å². The maximum absolute atomic E-state index is 13.6. The predicted molar refractivity (Wildman–Crippen MR) is 159 cm³/mol. The van der Waals surface area contributed by atoms with Crippen LogP contribution in [-0.2, 0) is 22.5 Å². The fraction of sp³-hybridized carbons (Fsp3) is 0.371. The van der Waals surface area contributed by atoms with E-state index in [0.29, 0.717) is 37.1 Å². The standard InChI is InChI=1S/C35H39NO4/c1-3-8-33(27-16-14-26(15-17-27)23-25-12-13-25)40-29-20-18-28(19-21-29)35(38)31-24-36(22-7-11-34(37)39-4-2)32-10-6-5-9-30(31)32/h5-6,9-10,14-21,24-25,33H,3-4,7-8,11-13,22-23H2,1-2H3. The lowest BCUT2D eigenvalue weighted by molar-refractivity contribution is -0.143. The Balaban J connectivity index is 1.28. The fourth-order valence-corrected chi connectivity index (χ4v) is 5.32. The van der Waals surface area contributed by atoms with Gasteiger partial charge in [0.05, 0.1) is 6.61 Å². The van der Waals surface area contributed by atoms with Crippen LogP contribution in [0.1, 0.15) is 85.5 Å². The SMILES string of the molecule is CCCC(Oc1ccc(C(=O)c2cn(CCCC(=O)OCC)c3ccccc23)cc1)c1ccc(CC2CC2)cc1. The van der Waals surface area contributed by atoms with Crippen LogP contribution in [0.3, 0.4) is 0 Å². The highest BCUT2D eigenvalue weighted by Crippen LogP contribution is 2.33. The van der Waals surface area contributed by atoms with Gasteiger partial charge >= 0.3 is 5.97 Å². The summed E-state index contributed by atoms with van der Waals surface area (Å²) in [5.74, 6) is 1.42. The van der Waals surface area contributed by atoms with Crippen LogP contribution >= 0.6 is 0 Å². The van der Waals surface area contributed by atoms with Crippen molar-refractivity contribution in [3.8, 4) is 5.75 Å². The summed E-state index contributed by atoms with van der Waals surface area (Å²) >= 11 is 0. The van der Waals surface area contributed by atoms with E-state index in [-0.39, 0.29) is 17.9 Å². The molecule has 4 aromatic rings. The van der Waals surface area contributed by atoms with Gasteiger partial charge in [0.1, 0.15) is 11.9 Å². The molecule has 0 saturated heterocycles. The number of ether oxygens (including phenoxy) is 2. The van der Waals surface area contributed by atoms with Gasteiger partial charge in [-0.25, -0.2) is 0 Å². The number of nitrogens with zero attached hydrogens (tertiary/aromatic N) is 1. The van der Waals surface area contributed by atoms with Crippen LogP contribution in [0.4, 0.5) is 0 Å². The Morgan fingerprint density at radius 2 is 1.70 bits per heavy atom. The highest BCUT2D eigenvalue weighted by Gasteiger charge is 2.22. The van der Waals surface area contributed by atoms with E-state index in [1.165, 1.54) is 30.4 Å². The van der Waals surface area contributed by atoms with Crippen molar-refractivity contribution in [1.29, 1.82) is 0 Å². The van der Waals surface area contributed by atoms with Crippen molar-refractivity contribution < 1.29 is 19.1 Å². The molecular formula is C35H39NO4. The van der Waals surface area contributed by atoms with Crippen molar-refractivity contribution in [2.45, 2.75) is 71.4 Å². The largest absolute Gasteiger partial charge is 0.486 e. The van der Waals surface area contributed by atoms with E-state index in [0.717, 1.165) is 35.4 Å². The maximum Gasteiger partial charge on any atom is 0.305 e. The zero-order valence-electron chi connectivity index (χ0n) is 23.6. The molecule has 0 amide bonds. The van der Waals surface area contributed by atoms with Crippen molar-refractivity contribution in [2.24, 2.45) is 5.92 Å². The number of hydrogen-bond acceptors (Lipinski definition) is 4. The van der Waals surface area contributed by atoms with Gasteiger partial charge in [-0.3, -0.25) is 9.59 Å². The average molecular weight is 538 g/mol. The molecule has 1 atom stereocenters. The molecule has 0 radical (unpaired) electrons. The molecule has 5 heteroatoms. The fourth-order valence-electron chi connectivity index (χ4n) is 5.32. The van der Waals surface area contributed by atoms with Gasteiger partial charge in [-0.05, 0) is 86.4 Å². The zero-order chi connectivity index (χ0) is 27.9. The molecule has 0 spiro atoms. The van der Waals surface area contributed by atoms with Gasteiger partial charge in [0.25, 0.3) is 0 Å². The average Bonchev–Trinajstić information content (AvgIpc) is 3.72. The monoisotopic (exact) mass is 537 g/mol. The molecule has 5 nitrogen and oxygen atoms in total. The van der Waals surface area contributed by atoms with Crippen LogP contribution in [0.5, 0.6) is 5.75 Å². The second kappa shape index (κ2) is 13.0. The Labute approximate surface area is 237 Å². The summed E-state index contributed by atoms with van der Waals surface area (Å²) < 4.78 is 13.5. The van der Waals surface area contributed by atoms with E-state index < -0.39 is 0 Å². The molecule has 1 heterocycles. The Hall–Kier alpha value is -3.86. The lowest BCUT2D eigenvalue weighted by atomic mass is 10.0. The molecule has 0 aliphatic heterocycles. The summed E-state index contributed by atoms with van der Waals surface area (Å²) in [7, 11) is 0. The number of aryl methyl sites for hydroxylation is 1. The van der Waals surface area contributed by atoms with Crippen molar-refractivity contribution in [2.75, 3.05) is 6.61 Å². The molecule has 0 N–H and O–H groups in total. The maximum atomic E-state index is 13.6. The van der Waals surface area contributed by atoms with Crippen LogP contribution in [0.25, 0.3) is 10.9 Å². The first kappa shape index (κ1) is 27.7. The number of para-hydroxylation sites is 1. The van der Waals surface area contributed by atoms with E-state index in [2.05, 4.69) is 35.8 Å². The molecule has 208 valence electrons. The minimum Gasteiger partial charge on any atom is -0.486 e. The molecule has 1 saturated carbocycles. The summed E-state index contributed by atoms with van der Waals surface area (Å²) in [5.41, 5.74) is 4.87. The molecule has 1 unspecified atom stereocenters. The Bertz CT molecular complexity index is 1430. The number of fused-ring (bicyclic) bond motifs is 1. The number of hydrogen-bond donors (Lipinski definition) is 0. The van der Waals surface area contributed by atoms with Gasteiger partial charge in [0.2, 0.25) is 0 Å². The number of benzene rings is 3. The number of carbonyl (C=O) groups excluding carboxylic acids is 2. The lowest BCUT2D eigenvalue weighted by Crippen LogP contribution is -2.08. The first-order valence-electron chi connectivity index (χ1n) is 14.7. The number of aromatic nitrogens is 1. The molecule has 1 fully saturated rings. The van der Waals surface area contributed by atoms with Gasteiger partial charge in [-0.2, -0.15) is 0 Å². The van der Waals surface area contributed by atoms with E-state index in [1.807, 2.05) is 61.7 Å². The molecule has 0 bridgehead atoms. The topological polar surface area (TPSA) is 57.5 Å². The molecule has 5 rings (SSSR count). The number of rotatable bonds is 14. The molecule has 1 aliphatic rings. The van der Waals surface area contributed by atoms with Gasteiger partial charge < -0.3 is 14.0 Å². The van der Waals surface area contributed by atoms with Gasteiger partial charge in [-0.15, -0.1) is 0 Å². The smallest absolute Gasteiger partial charge is 0.305 e. The van der Waals surface area contributed by atoms with Gasteiger partial charge in [0, 0.05) is 41.2 Å². The van der Waals surface area contributed by atoms with Gasteiger partial charge in [-0.1, -0.05) is 55.8 Å². The van der Waals surface area contributed by atoms with E-state index in [4.69, 9.17) is 9.47 Å². The van der Waals surface area contributed by atoms with Crippen LogP contribution in [-0.4, -0.2) is 22.9 Å². The summed E-state index contributed by atoms with van der Waals surface area (Å²) in [4.78, 5) is 25.3. The summed E-state index contributed by atoms with van der Waals surface area (Å²) in [6.07, 6.45) is 8.76. The third-order valence-corrected chi connectivity index (χ3v) is 7.64. The summed E-state index contributed by atoms with van der Waals surface area (Å²) in [6.45, 7) is 5.01. The van der Waals surface area contributed by atoms with Gasteiger partial charge in [0.15, 0.2) is 5.78 Å². The van der Waals surface area contributed by atoms with Crippen molar-refractivity contribution in [1.82, 2.24) is 4.57 Å². The predicted octanol–water partition coefficient (Wildman–Crippen LogP) is 8.09. The number of ketones is 1. The zero-order valence-corrected chi connectivity index (χ0v) is 23.6. The van der Waals surface area contributed by atoms with E-state index >= 15 is 0 Å². The second-order valence-corrected chi connectivity index (χ2v) is 10.8. The second-order valence-electron chi connectivity index (χ2n) is 10.8. The quantitative estimate of drug-likeness (QED) is 0.120. The third kappa shape index (κ3) is 6.82. The Kier molecular flexibility index (Phi) is 9.00. The number of esters is 1. The van der Waals surface area contributed by atoms with Crippen LogP contribution in [0.15, 0.2) is 79.0 Å². The van der Waals surface area contributed by atoms with Crippen molar-refractivity contribution in [3.63, 3.8) is 0 Å². The highest BCUT2D eigenvalue weighted by molar-refractivity contribution is 6.16. The Morgan fingerprint density at radius 3 is 2.40 bits per heavy atom. The molecule has 40 heavy (non-hydrogen) atoms. The van der Waals surface area contributed by atoms with Crippen molar-refractivity contribution in [3.05, 3.63) is 101 Å². The van der Waals surface area contributed by atoms with E-state index in [9.17, 15) is 9.59 Å². The summed E-state index contributed by atoms with van der Waals surface area (Å²) in [6, 6.07) is 24.3. The lowest BCUT2D eigenvalue weighted by Gasteiger charge is -2.20. The molecular weight excluding hydrogens is 498 g/mol. The minimum atomic E-state index is -0.190. The van der Waals surface area contributed by atoms with Crippen LogP contribution in [0.2, 0.25) is 0 Å². The normalized spacial score (nSPS) is 13.8. The molecule has 1 aromatic heterocycles. The highest BCUT2D eigenvalue weighted by atomic mass is 16.5. The Morgan fingerprint density at radius 1 is 0.950 bits per heavy atom. The first-order chi connectivity index (χ1) is 19.6. The number of carbonyl (C=O) groups is 2. The van der Waals surface area contributed by atoms with Crippen LogP contribution < -0.4 is 4.74 Å². The van der Waals surface area contributed by atoms with Crippen LogP contribution in [0, 0.1) is 5.92 Å².